The Morgan fingerprint density at radius 3 is 2.58 bits per heavy atom. The zero-order valence-electron chi connectivity index (χ0n) is 17.3. The van der Waals surface area contributed by atoms with E-state index in [1.807, 2.05) is 35.3 Å². The highest BCUT2D eigenvalue weighted by Gasteiger charge is 2.42. The second kappa shape index (κ2) is 8.11. The fourth-order valence-corrected chi connectivity index (χ4v) is 5.86. The van der Waals surface area contributed by atoms with Gasteiger partial charge >= 0.3 is 0 Å². The molecule has 1 saturated heterocycles. The maximum Gasteiger partial charge on any atom is 0.260 e. The van der Waals surface area contributed by atoms with Crippen molar-refractivity contribution < 1.29 is 14.3 Å². The molecule has 0 bridgehead atoms. The first-order valence-electron chi connectivity index (χ1n) is 10.6. The minimum absolute atomic E-state index is 0.232. The van der Waals surface area contributed by atoms with Crippen LogP contribution < -0.4 is 11.5 Å². The molecule has 1 aliphatic heterocycles. The van der Waals surface area contributed by atoms with Gasteiger partial charge in [0.15, 0.2) is 5.79 Å². The number of amides is 1. The van der Waals surface area contributed by atoms with Crippen LogP contribution in [-0.2, 0) is 16.0 Å². The summed E-state index contributed by atoms with van der Waals surface area (Å²) in [7, 11) is 0. The van der Waals surface area contributed by atoms with Crippen molar-refractivity contribution in [3.63, 3.8) is 0 Å². The molecule has 3 heterocycles. The van der Waals surface area contributed by atoms with Crippen LogP contribution in [0.15, 0.2) is 42.7 Å². The highest BCUT2D eigenvalue weighted by atomic mass is 32.1. The Kier molecular flexibility index (Phi) is 5.29. The molecule has 31 heavy (non-hydrogen) atoms. The van der Waals surface area contributed by atoms with Crippen LogP contribution in [-0.4, -0.2) is 34.7 Å². The third-order valence-electron chi connectivity index (χ3n) is 6.26. The molecule has 2 aliphatic rings. The van der Waals surface area contributed by atoms with Crippen LogP contribution in [0.25, 0.3) is 10.4 Å². The number of carbonyl (C=O) groups excluding carboxylic acids is 1. The lowest BCUT2D eigenvalue weighted by molar-refractivity contribution is -0.178. The molecule has 0 radical (unpaired) electrons. The number of anilines is 1. The van der Waals surface area contributed by atoms with E-state index in [-0.39, 0.29) is 5.92 Å². The van der Waals surface area contributed by atoms with Crippen LogP contribution in [0.3, 0.4) is 0 Å². The number of ether oxygens (including phenoxy) is 2. The largest absolute Gasteiger partial charge is 0.397 e. The number of thiophene rings is 1. The molecule has 0 atom stereocenters. The van der Waals surface area contributed by atoms with Gasteiger partial charge in [0.05, 0.1) is 31.6 Å². The van der Waals surface area contributed by atoms with E-state index in [4.69, 9.17) is 20.9 Å². The minimum atomic E-state index is -0.485. The minimum Gasteiger partial charge on any atom is -0.397 e. The summed E-state index contributed by atoms with van der Waals surface area (Å²) in [5, 5.41) is 4.54. The molecule has 5 rings (SSSR count). The average Bonchev–Trinajstić information content (AvgIpc) is 3.49. The third kappa shape index (κ3) is 3.86. The van der Waals surface area contributed by atoms with Gasteiger partial charge in [-0.3, -0.25) is 9.48 Å². The van der Waals surface area contributed by atoms with Crippen LogP contribution >= 0.6 is 11.3 Å². The Morgan fingerprint density at radius 1 is 1.19 bits per heavy atom. The average molecular weight is 439 g/mol. The molecular weight excluding hydrogens is 412 g/mol. The van der Waals surface area contributed by atoms with E-state index in [1.165, 1.54) is 16.9 Å². The van der Waals surface area contributed by atoms with E-state index in [9.17, 15) is 4.79 Å². The summed E-state index contributed by atoms with van der Waals surface area (Å²) in [4.78, 5) is 13.5. The molecule has 4 N–H and O–H groups in total. The van der Waals surface area contributed by atoms with Gasteiger partial charge in [-0.05, 0) is 29.9 Å². The van der Waals surface area contributed by atoms with Crippen molar-refractivity contribution in [3.8, 4) is 10.4 Å². The van der Waals surface area contributed by atoms with Gasteiger partial charge in [-0.2, -0.15) is 5.10 Å². The lowest BCUT2D eigenvalue weighted by atomic mass is 9.80. The predicted octanol–water partition coefficient (Wildman–Crippen LogP) is 3.74. The number of nitrogen functional groups attached to an aromatic ring is 1. The molecule has 8 heteroatoms. The fourth-order valence-electron chi connectivity index (χ4n) is 4.73. The molecule has 162 valence electrons. The van der Waals surface area contributed by atoms with Crippen molar-refractivity contribution in [2.24, 2.45) is 5.73 Å². The summed E-state index contributed by atoms with van der Waals surface area (Å²) < 4.78 is 13.7. The first-order chi connectivity index (χ1) is 15.0. The maximum atomic E-state index is 12.0. The maximum absolute atomic E-state index is 12.0. The molecular formula is C23H26N4O3S. The number of primary amides is 1. The van der Waals surface area contributed by atoms with Crippen molar-refractivity contribution in [2.75, 3.05) is 18.9 Å². The number of carbonyl (C=O) groups is 1. The van der Waals surface area contributed by atoms with Crippen molar-refractivity contribution >= 4 is 22.9 Å². The fraction of sp³-hybridized carbons (Fsp3) is 0.391. The van der Waals surface area contributed by atoms with E-state index in [0.29, 0.717) is 30.3 Å². The summed E-state index contributed by atoms with van der Waals surface area (Å²) in [6.07, 6.45) is 7.29. The Morgan fingerprint density at radius 2 is 1.90 bits per heavy atom. The molecule has 0 unspecified atom stereocenters. The highest BCUT2D eigenvalue weighted by molar-refractivity contribution is 7.18. The SMILES string of the molecule is NC(=O)c1sc(-c2cnn(Cc3ccccc3)c2)c(C2CCC3(CC2)OCCO3)c1N. The number of aromatic nitrogens is 2. The molecule has 7 nitrogen and oxygen atoms in total. The molecule has 1 saturated carbocycles. The van der Waals surface area contributed by atoms with Gasteiger partial charge in [-0.15, -0.1) is 11.3 Å². The van der Waals surface area contributed by atoms with E-state index in [0.717, 1.165) is 41.7 Å². The summed E-state index contributed by atoms with van der Waals surface area (Å²) in [5.74, 6) is -0.689. The van der Waals surface area contributed by atoms with Crippen molar-refractivity contribution in [2.45, 2.75) is 43.9 Å². The van der Waals surface area contributed by atoms with Gasteiger partial charge in [-0.1, -0.05) is 30.3 Å². The van der Waals surface area contributed by atoms with Crippen LogP contribution in [0, 0.1) is 0 Å². The number of hydrogen-bond donors (Lipinski definition) is 2. The Hall–Kier alpha value is -2.68. The second-order valence-electron chi connectivity index (χ2n) is 8.25. The second-order valence-corrected chi connectivity index (χ2v) is 9.27. The summed E-state index contributed by atoms with van der Waals surface area (Å²) in [6, 6.07) is 10.2. The highest BCUT2D eigenvalue weighted by Crippen LogP contribution is 2.49. The number of hydrogen-bond acceptors (Lipinski definition) is 6. The van der Waals surface area contributed by atoms with Gasteiger partial charge in [0, 0.05) is 29.5 Å². The predicted molar refractivity (Wildman–Crippen MR) is 120 cm³/mol. The first-order valence-corrected chi connectivity index (χ1v) is 11.4. The summed E-state index contributed by atoms with van der Waals surface area (Å²) >= 11 is 1.37. The lowest BCUT2D eigenvalue weighted by Gasteiger charge is -2.35. The number of rotatable bonds is 5. The molecule has 1 aliphatic carbocycles. The van der Waals surface area contributed by atoms with Gasteiger partial charge in [0.25, 0.3) is 5.91 Å². The number of nitrogens with zero attached hydrogens (tertiary/aromatic N) is 2. The first kappa shape index (κ1) is 20.2. The van der Waals surface area contributed by atoms with E-state index >= 15 is 0 Å². The number of benzene rings is 1. The van der Waals surface area contributed by atoms with Gasteiger partial charge in [-0.25, -0.2) is 0 Å². The van der Waals surface area contributed by atoms with Gasteiger partial charge in [0.1, 0.15) is 4.88 Å². The van der Waals surface area contributed by atoms with E-state index in [2.05, 4.69) is 17.2 Å². The molecule has 1 aromatic carbocycles. The Bertz CT molecular complexity index is 1080. The number of nitrogens with two attached hydrogens (primary N) is 2. The van der Waals surface area contributed by atoms with Crippen molar-refractivity contribution in [3.05, 3.63) is 58.7 Å². The molecule has 2 aromatic heterocycles. The van der Waals surface area contributed by atoms with Crippen LogP contribution in [0.2, 0.25) is 0 Å². The Labute approximate surface area is 184 Å². The molecule has 2 fully saturated rings. The van der Waals surface area contributed by atoms with Crippen LogP contribution in [0.5, 0.6) is 0 Å². The summed E-state index contributed by atoms with van der Waals surface area (Å²) in [5.41, 5.74) is 15.8. The van der Waals surface area contributed by atoms with Crippen LogP contribution in [0.4, 0.5) is 5.69 Å². The van der Waals surface area contributed by atoms with Crippen LogP contribution in [0.1, 0.15) is 52.4 Å². The summed E-state index contributed by atoms with van der Waals surface area (Å²) in [6.45, 7) is 1.99. The topological polar surface area (TPSA) is 105 Å². The Balaban J connectivity index is 1.45. The zero-order chi connectivity index (χ0) is 21.4. The normalized spacial score (nSPS) is 18.6. The monoisotopic (exact) mass is 438 g/mol. The van der Waals surface area contributed by atoms with Gasteiger partial charge in [0.2, 0.25) is 0 Å². The third-order valence-corrected chi connectivity index (χ3v) is 7.54. The van der Waals surface area contributed by atoms with Crippen molar-refractivity contribution in [1.29, 1.82) is 0 Å². The van der Waals surface area contributed by atoms with E-state index < -0.39 is 11.7 Å². The quantitative estimate of drug-likeness (QED) is 0.631. The molecule has 1 spiro atoms. The smallest absolute Gasteiger partial charge is 0.260 e. The van der Waals surface area contributed by atoms with E-state index in [1.54, 1.807) is 0 Å². The van der Waals surface area contributed by atoms with Crippen molar-refractivity contribution in [1.82, 2.24) is 9.78 Å². The molecule has 3 aromatic rings. The zero-order valence-corrected chi connectivity index (χ0v) is 18.1. The van der Waals surface area contributed by atoms with Gasteiger partial charge < -0.3 is 20.9 Å². The molecule has 1 amide bonds. The standard InChI is InChI=1S/C23H26N4O3S/c24-19-18(16-6-8-23(9-7-16)29-10-11-30-23)20(31-21(19)22(25)28)17-12-26-27(14-17)13-15-4-2-1-3-5-15/h1-5,12,14,16H,6-11,13,24H2,(H2,25,28). The lowest BCUT2D eigenvalue weighted by Crippen LogP contribution is -2.34.